The minimum atomic E-state index is -0.689. The van der Waals surface area contributed by atoms with Crippen LogP contribution < -0.4 is 11.1 Å². The largest absolute Gasteiger partial charge is 0.449 e. The monoisotopic (exact) mass is 266 g/mol. The third kappa shape index (κ3) is 6.10. The average Bonchev–Trinajstić information content (AvgIpc) is 2.26. The lowest BCUT2D eigenvalue weighted by Crippen LogP contribution is -2.41. The van der Waals surface area contributed by atoms with Crippen molar-refractivity contribution in [1.29, 1.82) is 0 Å². The van der Waals surface area contributed by atoms with E-state index in [9.17, 15) is 9.90 Å². The van der Waals surface area contributed by atoms with Crippen molar-refractivity contribution in [3.05, 3.63) is 29.8 Å². The van der Waals surface area contributed by atoms with Crippen LogP contribution in [0.15, 0.2) is 24.3 Å². The van der Waals surface area contributed by atoms with Gasteiger partial charge in [-0.25, -0.2) is 4.79 Å². The highest BCUT2D eigenvalue weighted by atomic mass is 16.5. The Kier molecular flexibility index (Phi) is 5.18. The fraction of sp³-hybridized carbons (Fsp3) is 0.500. The first-order valence-electron chi connectivity index (χ1n) is 6.26. The van der Waals surface area contributed by atoms with E-state index in [-0.39, 0.29) is 12.1 Å². The molecule has 0 aliphatic rings. The Morgan fingerprint density at radius 3 is 2.74 bits per heavy atom. The minimum absolute atomic E-state index is 0.151. The van der Waals surface area contributed by atoms with E-state index in [4.69, 9.17) is 10.5 Å². The number of benzene rings is 1. The Hall–Kier alpha value is -1.75. The number of aliphatic hydroxyl groups excluding tert-OH is 1. The van der Waals surface area contributed by atoms with E-state index in [0.717, 1.165) is 5.56 Å². The van der Waals surface area contributed by atoms with Crippen LogP contribution in [-0.2, 0) is 4.74 Å². The molecule has 0 aromatic heterocycles. The molecule has 4 N–H and O–H groups in total. The van der Waals surface area contributed by atoms with Gasteiger partial charge in [-0.2, -0.15) is 0 Å². The zero-order valence-electron chi connectivity index (χ0n) is 11.6. The highest BCUT2D eigenvalue weighted by Crippen LogP contribution is 2.18. The Morgan fingerprint density at radius 1 is 1.47 bits per heavy atom. The maximum atomic E-state index is 11.4. The summed E-state index contributed by atoms with van der Waals surface area (Å²) in [5, 5.41) is 12.6. The molecular weight excluding hydrogens is 244 g/mol. The van der Waals surface area contributed by atoms with Crippen LogP contribution in [0.1, 0.15) is 38.9 Å². The van der Waals surface area contributed by atoms with Gasteiger partial charge in [0.05, 0.1) is 12.7 Å². The number of anilines is 1. The highest BCUT2D eigenvalue weighted by Gasteiger charge is 2.15. The molecule has 5 nitrogen and oxygen atoms in total. The molecule has 19 heavy (non-hydrogen) atoms. The number of nitrogens with two attached hydrogens (primary N) is 1. The lowest BCUT2D eigenvalue weighted by atomic mass is 10.1. The molecule has 5 heteroatoms. The molecule has 0 saturated heterocycles. The van der Waals surface area contributed by atoms with E-state index in [0.29, 0.717) is 12.1 Å². The van der Waals surface area contributed by atoms with E-state index < -0.39 is 12.2 Å². The molecule has 1 aromatic carbocycles. The Bertz CT molecular complexity index is 427. The number of rotatable bonds is 4. The Balaban J connectivity index is 2.35. The topological polar surface area (TPSA) is 84.6 Å². The van der Waals surface area contributed by atoms with E-state index in [1.54, 1.807) is 24.3 Å². The summed E-state index contributed by atoms with van der Waals surface area (Å²) in [5.74, 6) is 0. The van der Waals surface area contributed by atoms with Crippen LogP contribution in [0, 0.1) is 0 Å². The van der Waals surface area contributed by atoms with Crippen LogP contribution in [0.25, 0.3) is 0 Å². The molecule has 1 unspecified atom stereocenters. The molecule has 0 aliphatic heterocycles. The van der Waals surface area contributed by atoms with Crippen LogP contribution in [0.3, 0.4) is 0 Å². The third-order valence-electron chi connectivity index (χ3n) is 2.40. The molecule has 1 rings (SSSR count). The van der Waals surface area contributed by atoms with Gasteiger partial charge < -0.3 is 20.9 Å². The van der Waals surface area contributed by atoms with Gasteiger partial charge in [-0.1, -0.05) is 12.1 Å². The van der Waals surface area contributed by atoms with Gasteiger partial charge in [0.1, 0.15) is 0 Å². The lowest BCUT2D eigenvalue weighted by Gasteiger charge is -2.20. The van der Waals surface area contributed by atoms with Gasteiger partial charge >= 0.3 is 6.09 Å². The van der Waals surface area contributed by atoms with Gasteiger partial charge in [0, 0.05) is 17.6 Å². The van der Waals surface area contributed by atoms with Crippen LogP contribution in [0.5, 0.6) is 0 Å². The number of aliphatic hydroxyl groups is 1. The first-order valence-corrected chi connectivity index (χ1v) is 6.26. The van der Waals surface area contributed by atoms with Gasteiger partial charge in [0.15, 0.2) is 0 Å². The van der Waals surface area contributed by atoms with Gasteiger partial charge in [-0.3, -0.25) is 0 Å². The van der Waals surface area contributed by atoms with Crippen LogP contribution in [-0.4, -0.2) is 23.3 Å². The fourth-order valence-electron chi connectivity index (χ4n) is 1.54. The first-order chi connectivity index (χ1) is 8.78. The number of ether oxygens (including phenoxy) is 1. The second-order valence-corrected chi connectivity index (χ2v) is 5.49. The van der Waals surface area contributed by atoms with Crippen molar-refractivity contribution in [2.24, 2.45) is 0 Å². The summed E-state index contributed by atoms with van der Waals surface area (Å²) in [5.41, 5.74) is 6.63. The minimum Gasteiger partial charge on any atom is -0.449 e. The van der Waals surface area contributed by atoms with Crippen molar-refractivity contribution in [3.63, 3.8) is 0 Å². The number of carbonyl (C=O) groups is 1. The predicted molar refractivity (Wildman–Crippen MR) is 74.7 cm³/mol. The maximum absolute atomic E-state index is 11.4. The third-order valence-corrected chi connectivity index (χ3v) is 2.40. The van der Waals surface area contributed by atoms with Crippen LogP contribution in [0.2, 0.25) is 0 Å². The molecule has 1 aromatic rings. The summed E-state index contributed by atoms with van der Waals surface area (Å²) in [6.45, 7) is 5.76. The quantitative estimate of drug-likeness (QED) is 0.729. The molecule has 0 radical (unpaired) electrons. The highest BCUT2D eigenvalue weighted by molar-refractivity contribution is 5.68. The summed E-state index contributed by atoms with van der Waals surface area (Å²) in [6.07, 6.45) is -0.834. The van der Waals surface area contributed by atoms with Crippen LogP contribution >= 0.6 is 0 Å². The summed E-state index contributed by atoms with van der Waals surface area (Å²) in [6, 6.07) is 7.03. The van der Waals surface area contributed by atoms with Gasteiger partial charge in [-0.15, -0.1) is 0 Å². The number of nitrogens with one attached hydrogen (secondary N) is 1. The van der Waals surface area contributed by atoms with E-state index >= 15 is 0 Å². The standard InChI is InChI=1S/C14H22N2O3/c1-14(2,3)16-13(18)19-8-7-12(17)10-5-4-6-11(15)9-10/h4-6,9,12,17H,7-8,15H2,1-3H3,(H,16,18). The maximum Gasteiger partial charge on any atom is 0.407 e. The smallest absolute Gasteiger partial charge is 0.407 e. The second kappa shape index (κ2) is 6.43. The van der Waals surface area contributed by atoms with E-state index in [2.05, 4.69) is 5.32 Å². The number of hydrogen-bond acceptors (Lipinski definition) is 4. The summed E-state index contributed by atoms with van der Waals surface area (Å²) in [4.78, 5) is 11.4. The number of carbonyl (C=O) groups excluding carboxylic acids is 1. The Morgan fingerprint density at radius 2 is 2.16 bits per heavy atom. The first kappa shape index (κ1) is 15.3. The molecule has 1 atom stereocenters. The summed E-state index contributed by atoms with van der Waals surface area (Å²) >= 11 is 0. The van der Waals surface area contributed by atoms with Crippen LogP contribution in [0.4, 0.5) is 10.5 Å². The van der Waals surface area contributed by atoms with Crippen molar-refractivity contribution < 1.29 is 14.6 Å². The van der Waals surface area contributed by atoms with Gasteiger partial charge in [-0.05, 0) is 38.5 Å². The lowest BCUT2D eigenvalue weighted by molar-refractivity contribution is 0.101. The van der Waals surface area contributed by atoms with Crippen molar-refractivity contribution in [3.8, 4) is 0 Å². The second-order valence-electron chi connectivity index (χ2n) is 5.49. The molecule has 0 spiro atoms. The molecule has 0 fully saturated rings. The molecule has 0 saturated carbocycles. The average molecular weight is 266 g/mol. The van der Waals surface area contributed by atoms with Gasteiger partial charge in [0.2, 0.25) is 0 Å². The van der Waals surface area contributed by atoms with Crippen molar-refractivity contribution >= 4 is 11.8 Å². The fourth-order valence-corrected chi connectivity index (χ4v) is 1.54. The summed E-state index contributed by atoms with van der Waals surface area (Å²) in [7, 11) is 0. The number of nitrogen functional groups attached to an aromatic ring is 1. The molecule has 1 amide bonds. The zero-order valence-corrected chi connectivity index (χ0v) is 11.6. The molecule has 0 heterocycles. The molecule has 0 bridgehead atoms. The normalized spacial score (nSPS) is 12.8. The van der Waals surface area contributed by atoms with E-state index in [1.807, 2.05) is 20.8 Å². The van der Waals surface area contributed by atoms with Crippen molar-refractivity contribution in [2.45, 2.75) is 38.8 Å². The number of amides is 1. The molecular formula is C14H22N2O3. The van der Waals surface area contributed by atoms with Crippen molar-refractivity contribution in [1.82, 2.24) is 5.32 Å². The van der Waals surface area contributed by atoms with Gasteiger partial charge in [0.25, 0.3) is 0 Å². The SMILES string of the molecule is CC(C)(C)NC(=O)OCCC(O)c1cccc(N)c1. The van der Waals surface area contributed by atoms with E-state index in [1.165, 1.54) is 0 Å². The molecule has 0 aliphatic carbocycles. The number of hydrogen-bond donors (Lipinski definition) is 3. The number of alkyl carbamates (subject to hydrolysis) is 1. The Labute approximate surface area is 113 Å². The summed E-state index contributed by atoms with van der Waals surface area (Å²) < 4.78 is 5.00. The molecule has 106 valence electrons. The zero-order chi connectivity index (χ0) is 14.5. The predicted octanol–water partition coefficient (Wildman–Crippen LogP) is 2.22. The van der Waals surface area contributed by atoms with Crippen molar-refractivity contribution in [2.75, 3.05) is 12.3 Å².